The van der Waals surface area contributed by atoms with Gasteiger partial charge in [0.1, 0.15) is 0 Å². The van der Waals surface area contributed by atoms with E-state index in [1.54, 1.807) is 0 Å². The molecular formula is C34H28N2. The SMILES string of the molecule is [2H]c1c([2H])c(-n2c3c([2H])c([2H])c([2H])c([2H])c3c3c([2H])c([2H])c([2H])c([2H])c32)c([2H])c(-n2c3c([2H])c([2H])c([2H])c([2H])c3c3c([2H])c(C(C([2H])([2H])[2H])(C([2H])([2H])[2H])C([2H])([2H])[2H])c([2H])c([2H])c32)c1[2H]. The fourth-order valence-electron chi connectivity index (χ4n) is 4.12. The maximum absolute atomic E-state index is 9.68. The topological polar surface area (TPSA) is 9.86 Å². The third kappa shape index (κ3) is 3.04. The second kappa shape index (κ2) is 7.60. The third-order valence-corrected chi connectivity index (χ3v) is 5.61. The summed E-state index contributed by atoms with van der Waals surface area (Å²) >= 11 is 0. The van der Waals surface area contributed by atoms with Crippen LogP contribution < -0.4 is 0 Å². The van der Waals surface area contributed by atoms with E-state index in [0.29, 0.717) is 9.13 Å². The summed E-state index contributed by atoms with van der Waals surface area (Å²) in [5.41, 5.74) is -10.6. The summed E-state index contributed by atoms with van der Waals surface area (Å²) < 4.78 is 244. The van der Waals surface area contributed by atoms with Crippen molar-refractivity contribution in [2.75, 3.05) is 0 Å². The van der Waals surface area contributed by atoms with Crippen LogP contribution in [-0.2, 0) is 5.41 Å². The minimum atomic E-state index is -4.10. The molecule has 0 saturated heterocycles. The zero-order valence-electron chi connectivity index (χ0n) is 45.9. The van der Waals surface area contributed by atoms with E-state index >= 15 is 0 Å². The lowest BCUT2D eigenvalue weighted by Gasteiger charge is -2.19. The minimum absolute atomic E-state index is 0.513. The van der Waals surface area contributed by atoms with Crippen LogP contribution in [-0.4, -0.2) is 9.13 Å². The predicted octanol–water partition coefficient (Wildman–Crippen LogP) is 9.18. The number of hydrogen-bond donors (Lipinski definition) is 0. The monoisotopic (exact) mass is 492 g/mol. The maximum atomic E-state index is 9.68. The number of nitrogens with zero attached hydrogens (tertiary/aromatic N) is 2. The molecule has 174 valence electrons. The average Bonchev–Trinajstić information content (AvgIpc) is 3.72. The zero-order chi connectivity index (χ0) is 48.5. The van der Waals surface area contributed by atoms with Gasteiger partial charge in [-0.15, -0.1) is 0 Å². The first-order chi connectivity index (χ1) is 29.2. The highest BCUT2D eigenvalue weighted by molar-refractivity contribution is 6.10. The lowest BCUT2D eigenvalue weighted by Crippen LogP contribution is -2.10. The van der Waals surface area contributed by atoms with Crippen molar-refractivity contribution in [1.29, 1.82) is 0 Å². The van der Waals surface area contributed by atoms with Gasteiger partial charge in [0.25, 0.3) is 0 Å². The number of rotatable bonds is 2. The summed E-state index contributed by atoms with van der Waals surface area (Å²) in [5.74, 6) is 0. The van der Waals surface area contributed by atoms with Gasteiger partial charge in [-0.25, -0.2) is 0 Å². The van der Waals surface area contributed by atoms with Crippen molar-refractivity contribution < 1.29 is 38.4 Å². The average molecular weight is 493 g/mol. The molecule has 36 heavy (non-hydrogen) atoms. The van der Waals surface area contributed by atoms with Crippen molar-refractivity contribution in [2.45, 2.75) is 26.0 Å². The van der Waals surface area contributed by atoms with Gasteiger partial charge < -0.3 is 9.13 Å². The summed E-state index contributed by atoms with van der Waals surface area (Å²) in [7, 11) is 0. The van der Waals surface area contributed by atoms with Gasteiger partial charge in [0.05, 0.1) is 48.1 Å². The first-order valence-electron chi connectivity index (χ1n) is 24.3. The predicted molar refractivity (Wildman–Crippen MR) is 154 cm³/mol. The fourth-order valence-corrected chi connectivity index (χ4v) is 4.12. The Bertz CT molecular complexity index is 3160. The van der Waals surface area contributed by atoms with Crippen LogP contribution in [0.2, 0.25) is 0 Å². The van der Waals surface area contributed by atoms with Crippen molar-refractivity contribution in [3.63, 3.8) is 0 Å². The molecule has 0 radical (unpaired) electrons. The Balaban J connectivity index is 1.84. The van der Waals surface area contributed by atoms with Crippen LogP contribution in [0.4, 0.5) is 0 Å². The standard InChI is InChI=1S/C34H28N2/c1-34(2,3)23-19-20-33-29(21-23)28-15-6-9-18-32(28)36(33)25-12-10-11-24(22-25)35-30-16-7-4-13-26(30)27-14-5-8-17-31(27)35/h4-22H,1-3H3/i1D3,2D3,3D3,4D,5D,6D,7D,8D,9D,10D,11D,12D,13D,14D,15D,16D,17D,18D,19D,20D,21D,22D. The number of fused-ring (bicyclic) bond motifs is 6. The minimum Gasteiger partial charge on any atom is -0.309 e. The zero-order valence-corrected chi connectivity index (χ0v) is 17.9. The Morgan fingerprint density at radius 3 is 1.50 bits per heavy atom. The van der Waals surface area contributed by atoms with Crippen molar-refractivity contribution >= 4 is 43.6 Å². The first-order valence-corrected chi connectivity index (χ1v) is 10.3. The molecule has 0 fully saturated rings. The first kappa shape index (κ1) is 6.92. The highest BCUT2D eigenvalue weighted by Crippen LogP contribution is 2.37. The molecule has 0 spiro atoms. The normalized spacial score (nSPS) is 24.4. The van der Waals surface area contributed by atoms with E-state index in [0.717, 1.165) is 0 Å². The molecule has 0 amide bonds. The Morgan fingerprint density at radius 2 is 0.972 bits per heavy atom. The lowest BCUT2D eigenvalue weighted by atomic mass is 9.86. The maximum Gasteiger partial charge on any atom is 0.0667 e. The summed E-state index contributed by atoms with van der Waals surface area (Å²) in [6.07, 6.45) is 0. The van der Waals surface area contributed by atoms with Crippen LogP contribution in [0.25, 0.3) is 55.0 Å². The van der Waals surface area contributed by atoms with Crippen LogP contribution in [0.5, 0.6) is 0 Å². The molecule has 0 bridgehead atoms. The van der Waals surface area contributed by atoms with E-state index in [1.807, 2.05) is 0 Å². The Kier molecular flexibility index (Phi) is 1.46. The Hall–Kier alpha value is -4.30. The van der Waals surface area contributed by atoms with Crippen LogP contribution in [0.3, 0.4) is 0 Å². The van der Waals surface area contributed by atoms with Crippen molar-refractivity contribution in [2.24, 2.45) is 0 Å². The molecule has 2 heterocycles. The van der Waals surface area contributed by atoms with Crippen molar-refractivity contribution in [3.8, 4) is 11.4 Å². The van der Waals surface area contributed by atoms with Crippen LogP contribution >= 0.6 is 0 Å². The number of benzene rings is 5. The molecule has 0 atom stereocenters. The summed E-state index contributed by atoms with van der Waals surface area (Å²) in [6.45, 7) is -12.3. The molecular weight excluding hydrogens is 436 g/mol. The van der Waals surface area contributed by atoms with Gasteiger partial charge >= 0.3 is 0 Å². The molecule has 7 aromatic rings. The fraction of sp³-hybridized carbons (Fsp3) is 0.118. The molecule has 0 saturated carbocycles. The smallest absolute Gasteiger partial charge is 0.0667 e. The largest absolute Gasteiger partial charge is 0.309 e. The summed E-state index contributed by atoms with van der Waals surface area (Å²) in [4.78, 5) is 0. The number of para-hydroxylation sites is 3. The second-order valence-corrected chi connectivity index (χ2v) is 7.76. The van der Waals surface area contributed by atoms with Crippen LogP contribution in [0, 0.1) is 0 Å². The van der Waals surface area contributed by atoms with Gasteiger partial charge in [-0.1, -0.05) is 87.0 Å². The highest BCUT2D eigenvalue weighted by Gasteiger charge is 2.18. The van der Waals surface area contributed by atoms with E-state index in [-0.39, 0.29) is 0 Å². The highest BCUT2D eigenvalue weighted by atomic mass is 15.0. The molecule has 7 rings (SSSR count). The van der Waals surface area contributed by atoms with Crippen molar-refractivity contribution in [1.82, 2.24) is 9.13 Å². The van der Waals surface area contributed by atoms with Gasteiger partial charge in [-0.05, 0) is 59.3 Å². The van der Waals surface area contributed by atoms with E-state index in [1.165, 1.54) is 0 Å². The molecule has 2 nitrogen and oxygen atoms in total. The van der Waals surface area contributed by atoms with Gasteiger partial charge in [-0.3, -0.25) is 0 Å². The van der Waals surface area contributed by atoms with Gasteiger partial charge in [0.15, 0.2) is 0 Å². The van der Waals surface area contributed by atoms with Crippen molar-refractivity contribution in [3.05, 3.63) is 120 Å². The van der Waals surface area contributed by atoms with E-state index in [2.05, 4.69) is 0 Å². The third-order valence-electron chi connectivity index (χ3n) is 5.61. The van der Waals surface area contributed by atoms with E-state index in [4.69, 9.17) is 34.3 Å². The Labute approximate surface area is 250 Å². The molecule has 5 aromatic carbocycles. The van der Waals surface area contributed by atoms with Crippen LogP contribution in [0.15, 0.2) is 115 Å². The second-order valence-electron chi connectivity index (χ2n) is 7.76. The number of aromatic nitrogens is 2. The molecule has 2 aromatic heterocycles. The summed E-state index contributed by atoms with van der Waals surface area (Å²) in [5, 5.41) is -2.79. The molecule has 0 aliphatic carbocycles. The quantitative estimate of drug-likeness (QED) is 0.228. The molecule has 0 unspecified atom stereocenters. The Morgan fingerprint density at radius 1 is 0.500 bits per heavy atom. The van der Waals surface area contributed by atoms with E-state index < -0.39 is 201 Å². The van der Waals surface area contributed by atoms with E-state index in [9.17, 15) is 4.11 Å². The lowest BCUT2D eigenvalue weighted by molar-refractivity contribution is 0.591. The summed E-state index contributed by atoms with van der Waals surface area (Å²) in [6, 6.07) is -19.7. The number of hydrogen-bond acceptors (Lipinski definition) is 0. The molecule has 0 aliphatic rings. The van der Waals surface area contributed by atoms with Gasteiger partial charge in [0, 0.05) is 45.3 Å². The molecule has 0 N–H and O–H groups in total. The van der Waals surface area contributed by atoms with Crippen LogP contribution in [0.1, 0.15) is 64.5 Å². The van der Waals surface area contributed by atoms with Gasteiger partial charge in [0.2, 0.25) is 0 Å². The van der Waals surface area contributed by atoms with Gasteiger partial charge in [-0.2, -0.15) is 0 Å². The molecule has 2 heteroatoms. The molecule has 0 aliphatic heterocycles.